The molecule has 18 heavy (non-hydrogen) atoms. The minimum absolute atomic E-state index is 0.0574. The maximum atomic E-state index is 11.9. The van der Waals surface area contributed by atoms with Crippen molar-refractivity contribution < 1.29 is 4.79 Å². The third kappa shape index (κ3) is 3.02. The number of nitrogens with zero attached hydrogens (tertiary/aromatic N) is 3. The summed E-state index contributed by atoms with van der Waals surface area (Å²) in [6.45, 7) is 1.86. The number of aryl methyl sites for hydroxylation is 2. The largest absolute Gasteiger partial charge is 0.322 e. The number of rotatable bonds is 5. The van der Waals surface area contributed by atoms with E-state index in [4.69, 9.17) is 5.73 Å². The number of ketones is 1. The van der Waals surface area contributed by atoms with Gasteiger partial charge in [-0.2, -0.15) is 5.10 Å². The molecule has 2 heterocycles. The summed E-state index contributed by atoms with van der Waals surface area (Å²) in [5.41, 5.74) is 7.31. The average Bonchev–Trinajstić information content (AvgIpc) is 2.94. The van der Waals surface area contributed by atoms with Gasteiger partial charge in [0.15, 0.2) is 5.78 Å². The Morgan fingerprint density at radius 2 is 2.39 bits per heavy atom. The number of hydrogen-bond donors (Lipinski definition) is 1. The van der Waals surface area contributed by atoms with Crippen molar-refractivity contribution in [2.24, 2.45) is 12.8 Å². The molecule has 0 aromatic carbocycles. The maximum absolute atomic E-state index is 11.9. The van der Waals surface area contributed by atoms with Crippen LogP contribution in [0.2, 0.25) is 0 Å². The third-order valence-corrected chi connectivity index (χ3v) is 3.64. The van der Waals surface area contributed by atoms with Gasteiger partial charge in [0.2, 0.25) is 0 Å². The average molecular weight is 264 g/mol. The zero-order chi connectivity index (χ0) is 13.1. The number of Topliss-reactive ketones (excluding diaryl/α,β-unsaturated/α-hetero) is 1. The SMILES string of the molecule is CC(N)c1nc(C(=O)CCc2cnn(C)c2)cs1. The van der Waals surface area contributed by atoms with Gasteiger partial charge >= 0.3 is 0 Å². The predicted octanol–water partition coefficient (Wildman–Crippen LogP) is 1.71. The normalized spacial score (nSPS) is 12.6. The van der Waals surface area contributed by atoms with Gasteiger partial charge < -0.3 is 5.73 Å². The molecule has 5 nitrogen and oxygen atoms in total. The molecular formula is C12H16N4OS. The fourth-order valence-corrected chi connectivity index (χ4v) is 2.39. The summed E-state index contributed by atoms with van der Waals surface area (Å²) in [4.78, 5) is 16.2. The van der Waals surface area contributed by atoms with E-state index in [-0.39, 0.29) is 11.8 Å². The van der Waals surface area contributed by atoms with Crippen molar-refractivity contribution >= 4 is 17.1 Å². The summed E-state index contributed by atoms with van der Waals surface area (Å²) in [6, 6.07) is -0.116. The Hall–Kier alpha value is -1.53. The molecule has 2 rings (SSSR count). The second kappa shape index (κ2) is 5.41. The zero-order valence-electron chi connectivity index (χ0n) is 10.5. The van der Waals surface area contributed by atoms with E-state index in [1.165, 1.54) is 11.3 Å². The number of carbonyl (C=O) groups excluding carboxylic acids is 1. The molecule has 0 amide bonds. The summed E-state index contributed by atoms with van der Waals surface area (Å²) < 4.78 is 1.73. The molecule has 96 valence electrons. The van der Waals surface area contributed by atoms with Crippen molar-refractivity contribution in [3.05, 3.63) is 34.0 Å². The predicted molar refractivity (Wildman–Crippen MR) is 70.6 cm³/mol. The van der Waals surface area contributed by atoms with Crippen LogP contribution in [-0.2, 0) is 13.5 Å². The Morgan fingerprint density at radius 3 is 2.94 bits per heavy atom. The van der Waals surface area contributed by atoms with Gasteiger partial charge in [-0.1, -0.05) is 0 Å². The van der Waals surface area contributed by atoms with Crippen molar-refractivity contribution in [2.45, 2.75) is 25.8 Å². The first-order valence-corrected chi connectivity index (χ1v) is 6.66. The molecular weight excluding hydrogens is 248 g/mol. The lowest BCUT2D eigenvalue weighted by Crippen LogP contribution is -2.06. The molecule has 0 bridgehead atoms. The van der Waals surface area contributed by atoms with Crippen LogP contribution in [-0.4, -0.2) is 20.5 Å². The Morgan fingerprint density at radius 1 is 1.61 bits per heavy atom. The first kappa shape index (κ1) is 12.9. The molecule has 0 aliphatic rings. The number of nitrogens with two attached hydrogens (primary N) is 1. The molecule has 0 saturated heterocycles. The lowest BCUT2D eigenvalue weighted by Gasteiger charge is -1.98. The molecule has 1 atom stereocenters. The Kier molecular flexibility index (Phi) is 3.88. The van der Waals surface area contributed by atoms with Crippen LogP contribution in [0.25, 0.3) is 0 Å². The van der Waals surface area contributed by atoms with E-state index >= 15 is 0 Å². The summed E-state index contributed by atoms with van der Waals surface area (Å²) in [5, 5.41) is 6.66. The number of carbonyl (C=O) groups is 1. The van der Waals surface area contributed by atoms with Gasteiger partial charge in [-0.3, -0.25) is 9.48 Å². The minimum atomic E-state index is -0.116. The molecule has 0 fully saturated rings. The minimum Gasteiger partial charge on any atom is -0.322 e. The molecule has 0 aliphatic heterocycles. The molecule has 1 unspecified atom stereocenters. The molecule has 0 radical (unpaired) electrons. The van der Waals surface area contributed by atoms with Crippen LogP contribution in [0, 0.1) is 0 Å². The first-order chi connectivity index (χ1) is 8.56. The highest BCUT2D eigenvalue weighted by Crippen LogP contribution is 2.17. The molecule has 0 saturated carbocycles. The van der Waals surface area contributed by atoms with E-state index < -0.39 is 0 Å². The molecule has 2 aromatic rings. The Labute approximate surface area is 110 Å². The van der Waals surface area contributed by atoms with Gasteiger partial charge in [0.25, 0.3) is 0 Å². The molecule has 2 N–H and O–H groups in total. The van der Waals surface area contributed by atoms with Gasteiger partial charge in [-0.25, -0.2) is 4.98 Å². The fraction of sp³-hybridized carbons (Fsp3) is 0.417. The highest BCUT2D eigenvalue weighted by molar-refractivity contribution is 7.09. The van der Waals surface area contributed by atoms with Crippen molar-refractivity contribution in [2.75, 3.05) is 0 Å². The highest BCUT2D eigenvalue weighted by atomic mass is 32.1. The zero-order valence-corrected chi connectivity index (χ0v) is 11.3. The topological polar surface area (TPSA) is 73.8 Å². The number of thiazole rings is 1. The second-order valence-electron chi connectivity index (χ2n) is 4.31. The van der Waals surface area contributed by atoms with E-state index in [1.54, 1.807) is 16.3 Å². The maximum Gasteiger partial charge on any atom is 0.182 e. The molecule has 2 aromatic heterocycles. The summed E-state index contributed by atoms with van der Waals surface area (Å²) in [7, 11) is 1.86. The van der Waals surface area contributed by atoms with E-state index in [9.17, 15) is 4.79 Å². The van der Waals surface area contributed by atoms with E-state index in [1.807, 2.05) is 20.2 Å². The van der Waals surface area contributed by atoms with Gasteiger partial charge in [-0.05, 0) is 18.9 Å². The number of aromatic nitrogens is 3. The highest BCUT2D eigenvalue weighted by Gasteiger charge is 2.13. The fourth-order valence-electron chi connectivity index (χ4n) is 1.61. The summed E-state index contributed by atoms with van der Waals surface area (Å²) >= 11 is 1.44. The number of hydrogen-bond acceptors (Lipinski definition) is 5. The van der Waals surface area contributed by atoms with Crippen LogP contribution in [0.15, 0.2) is 17.8 Å². The summed E-state index contributed by atoms with van der Waals surface area (Å²) in [6.07, 6.45) is 4.84. The lowest BCUT2D eigenvalue weighted by atomic mass is 10.1. The van der Waals surface area contributed by atoms with Crippen LogP contribution in [0.1, 0.15) is 40.4 Å². The monoisotopic (exact) mass is 264 g/mol. The van der Waals surface area contributed by atoms with Crippen LogP contribution in [0.3, 0.4) is 0 Å². The standard InChI is InChI=1S/C12H16N4OS/c1-8(13)12-15-10(7-18-12)11(17)4-3-9-5-14-16(2)6-9/h5-8H,3-4,13H2,1-2H3. The first-order valence-electron chi connectivity index (χ1n) is 5.78. The van der Waals surface area contributed by atoms with Crippen LogP contribution < -0.4 is 5.73 Å². The Bertz CT molecular complexity index is 544. The quantitative estimate of drug-likeness (QED) is 0.834. The van der Waals surface area contributed by atoms with Crippen molar-refractivity contribution in [1.29, 1.82) is 0 Å². The van der Waals surface area contributed by atoms with Crippen LogP contribution in [0.4, 0.5) is 0 Å². The van der Waals surface area contributed by atoms with Crippen molar-refractivity contribution in [3.8, 4) is 0 Å². The van der Waals surface area contributed by atoms with Crippen LogP contribution in [0.5, 0.6) is 0 Å². The van der Waals surface area contributed by atoms with Gasteiger partial charge in [0.05, 0.1) is 12.2 Å². The van der Waals surface area contributed by atoms with Crippen molar-refractivity contribution in [1.82, 2.24) is 14.8 Å². The molecule has 0 aliphatic carbocycles. The van der Waals surface area contributed by atoms with Gasteiger partial charge in [0.1, 0.15) is 10.7 Å². The summed E-state index contributed by atoms with van der Waals surface area (Å²) in [5.74, 6) is 0.0574. The molecule has 0 spiro atoms. The van der Waals surface area contributed by atoms with Crippen LogP contribution >= 0.6 is 11.3 Å². The van der Waals surface area contributed by atoms with Gasteiger partial charge in [-0.15, -0.1) is 11.3 Å². The van der Waals surface area contributed by atoms with E-state index in [0.717, 1.165) is 10.6 Å². The molecule has 6 heteroatoms. The third-order valence-electron chi connectivity index (χ3n) is 2.60. The van der Waals surface area contributed by atoms with Gasteiger partial charge in [0, 0.05) is 25.0 Å². The van der Waals surface area contributed by atoms with Crippen molar-refractivity contribution in [3.63, 3.8) is 0 Å². The Balaban J connectivity index is 1.95. The lowest BCUT2D eigenvalue weighted by molar-refractivity contribution is 0.0978. The van der Waals surface area contributed by atoms with E-state index in [2.05, 4.69) is 10.1 Å². The van der Waals surface area contributed by atoms with E-state index in [0.29, 0.717) is 18.5 Å². The second-order valence-corrected chi connectivity index (χ2v) is 5.19. The smallest absolute Gasteiger partial charge is 0.182 e.